The SMILES string of the molecule is CC(CC(=O)O)NC(=O)C1(CN)CC1. The third kappa shape index (κ3) is 2.45. The molecule has 0 saturated heterocycles. The summed E-state index contributed by atoms with van der Waals surface area (Å²) in [5.41, 5.74) is 5.07. The maximum absolute atomic E-state index is 11.6. The number of carbonyl (C=O) groups is 2. The number of rotatable bonds is 5. The van der Waals surface area contributed by atoms with E-state index in [4.69, 9.17) is 10.8 Å². The summed E-state index contributed by atoms with van der Waals surface area (Å²) in [5, 5.41) is 11.2. The molecular formula is C9H16N2O3. The van der Waals surface area contributed by atoms with Crippen LogP contribution in [-0.2, 0) is 9.59 Å². The minimum absolute atomic E-state index is 0.0492. The van der Waals surface area contributed by atoms with Crippen LogP contribution in [0.3, 0.4) is 0 Å². The normalized spacial score (nSPS) is 19.9. The van der Waals surface area contributed by atoms with Gasteiger partial charge in [0.1, 0.15) is 0 Å². The molecule has 0 aromatic rings. The van der Waals surface area contributed by atoms with Gasteiger partial charge >= 0.3 is 5.97 Å². The van der Waals surface area contributed by atoms with E-state index in [1.54, 1.807) is 6.92 Å². The van der Waals surface area contributed by atoms with Crippen LogP contribution in [-0.4, -0.2) is 29.6 Å². The molecule has 1 unspecified atom stereocenters. The fourth-order valence-corrected chi connectivity index (χ4v) is 1.36. The third-order valence-corrected chi connectivity index (χ3v) is 2.58. The first-order valence-corrected chi connectivity index (χ1v) is 4.73. The van der Waals surface area contributed by atoms with E-state index in [9.17, 15) is 9.59 Å². The first-order chi connectivity index (χ1) is 6.50. The minimum atomic E-state index is -0.907. The molecule has 0 radical (unpaired) electrons. The molecule has 1 atom stereocenters. The van der Waals surface area contributed by atoms with Crippen LogP contribution in [0.2, 0.25) is 0 Å². The van der Waals surface area contributed by atoms with Gasteiger partial charge < -0.3 is 16.2 Å². The molecule has 5 heteroatoms. The molecule has 1 rings (SSSR count). The molecule has 80 valence electrons. The van der Waals surface area contributed by atoms with Gasteiger partial charge in [-0.3, -0.25) is 9.59 Å². The van der Waals surface area contributed by atoms with Gasteiger partial charge in [0.2, 0.25) is 5.91 Å². The molecule has 5 nitrogen and oxygen atoms in total. The van der Waals surface area contributed by atoms with Gasteiger partial charge in [0, 0.05) is 12.6 Å². The second-order valence-electron chi connectivity index (χ2n) is 3.96. The Hall–Kier alpha value is -1.10. The minimum Gasteiger partial charge on any atom is -0.481 e. The van der Waals surface area contributed by atoms with Crippen molar-refractivity contribution < 1.29 is 14.7 Å². The smallest absolute Gasteiger partial charge is 0.305 e. The van der Waals surface area contributed by atoms with E-state index >= 15 is 0 Å². The van der Waals surface area contributed by atoms with Crippen molar-refractivity contribution in [2.45, 2.75) is 32.2 Å². The highest BCUT2D eigenvalue weighted by Gasteiger charge is 2.48. The average molecular weight is 200 g/mol. The van der Waals surface area contributed by atoms with Crippen LogP contribution >= 0.6 is 0 Å². The average Bonchev–Trinajstić information content (AvgIpc) is 2.82. The van der Waals surface area contributed by atoms with Crippen molar-refractivity contribution in [3.05, 3.63) is 0 Å². The lowest BCUT2D eigenvalue weighted by atomic mass is 10.1. The summed E-state index contributed by atoms with van der Waals surface area (Å²) in [6, 6.07) is -0.330. The summed E-state index contributed by atoms with van der Waals surface area (Å²) in [5.74, 6) is -1.01. The Bertz CT molecular complexity index is 248. The summed E-state index contributed by atoms with van der Waals surface area (Å²) >= 11 is 0. The first kappa shape index (κ1) is 11.0. The van der Waals surface area contributed by atoms with Crippen molar-refractivity contribution in [2.24, 2.45) is 11.1 Å². The largest absolute Gasteiger partial charge is 0.481 e. The maximum Gasteiger partial charge on any atom is 0.305 e. The van der Waals surface area contributed by atoms with E-state index in [2.05, 4.69) is 5.32 Å². The van der Waals surface area contributed by atoms with Gasteiger partial charge in [-0.1, -0.05) is 0 Å². The Morgan fingerprint density at radius 1 is 1.57 bits per heavy atom. The zero-order chi connectivity index (χ0) is 10.8. The van der Waals surface area contributed by atoms with Gasteiger partial charge in [-0.25, -0.2) is 0 Å². The number of carboxylic acids is 1. The highest BCUT2D eigenvalue weighted by Crippen LogP contribution is 2.44. The molecule has 1 amide bonds. The fraction of sp³-hybridized carbons (Fsp3) is 0.778. The first-order valence-electron chi connectivity index (χ1n) is 4.73. The Morgan fingerprint density at radius 2 is 2.14 bits per heavy atom. The predicted molar refractivity (Wildman–Crippen MR) is 50.6 cm³/mol. The molecule has 4 N–H and O–H groups in total. The van der Waals surface area contributed by atoms with Crippen LogP contribution < -0.4 is 11.1 Å². The molecule has 0 heterocycles. The zero-order valence-electron chi connectivity index (χ0n) is 8.25. The molecule has 0 aliphatic heterocycles. The van der Waals surface area contributed by atoms with Crippen LogP contribution in [0.1, 0.15) is 26.2 Å². The topological polar surface area (TPSA) is 92.4 Å². The van der Waals surface area contributed by atoms with Gasteiger partial charge in [-0.05, 0) is 19.8 Å². The lowest BCUT2D eigenvalue weighted by molar-refractivity contribution is -0.137. The van der Waals surface area contributed by atoms with Crippen LogP contribution in [0.15, 0.2) is 0 Å². The van der Waals surface area contributed by atoms with Gasteiger partial charge in [0.25, 0.3) is 0 Å². The molecule has 14 heavy (non-hydrogen) atoms. The van der Waals surface area contributed by atoms with Crippen LogP contribution in [0, 0.1) is 5.41 Å². The molecule has 0 aromatic heterocycles. The Labute approximate surface area is 82.7 Å². The van der Waals surface area contributed by atoms with Gasteiger partial charge in [-0.15, -0.1) is 0 Å². The van der Waals surface area contributed by atoms with Crippen LogP contribution in [0.25, 0.3) is 0 Å². The third-order valence-electron chi connectivity index (χ3n) is 2.58. The predicted octanol–water partition coefficient (Wildman–Crippen LogP) is -0.295. The van der Waals surface area contributed by atoms with E-state index < -0.39 is 11.4 Å². The molecule has 0 spiro atoms. The quantitative estimate of drug-likeness (QED) is 0.568. The standard InChI is InChI=1S/C9H16N2O3/c1-6(4-7(12)13)11-8(14)9(5-10)2-3-9/h6H,2-5,10H2,1H3,(H,11,14)(H,12,13). The lowest BCUT2D eigenvalue weighted by Gasteiger charge is -2.16. The number of amides is 1. The Balaban J connectivity index is 2.37. The van der Waals surface area contributed by atoms with Crippen LogP contribution in [0.5, 0.6) is 0 Å². The molecule has 0 bridgehead atoms. The summed E-state index contributed by atoms with van der Waals surface area (Å²) in [7, 11) is 0. The van der Waals surface area contributed by atoms with E-state index in [1.807, 2.05) is 0 Å². The monoisotopic (exact) mass is 200 g/mol. The molecule has 1 saturated carbocycles. The Morgan fingerprint density at radius 3 is 2.50 bits per heavy atom. The second-order valence-corrected chi connectivity index (χ2v) is 3.96. The van der Waals surface area contributed by atoms with Crippen molar-refractivity contribution in [1.82, 2.24) is 5.32 Å². The number of aliphatic carboxylic acids is 1. The molecule has 1 fully saturated rings. The number of nitrogens with two attached hydrogens (primary N) is 1. The van der Waals surface area contributed by atoms with Crippen molar-refractivity contribution in [1.29, 1.82) is 0 Å². The van der Waals surface area contributed by atoms with Gasteiger partial charge in [0.05, 0.1) is 11.8 Å². The summed E-state index contributed by atoms with van der Waals surface area (Å²) in [6.07, 6.45) is 1.58. The van der Waals surface area contributed by atoms with Gasteiger partial charge in [0.15, 0.2) is 0 Å². The highest BCUT2D eigenvalue weighted by molar-refractivity contribution is 5.86. The molecule has 1 aliphatic rings. The summed E-state index contributed by atoms with van der Waals surface area (Å²) in [4.78, 5) is 21.9. The van der Waals surface area contributed by atoms with Gasteiger partial charge in [-0.2, -0.15) is 0 Å². The van der Waals surface area contributed by atoms with E-state index in [0.29, 0.717) is 6.54 Å². The van der Waals surface area contributed by atoms with E-state index in [1.165, 1.54) is 0 Å². The van der Waals surface area contributed by atoms with Crippen molar-refractivity contribution in [3.63, 3.8) is 0 Å². The molecule has 0 aromatic carbocycles. The summed E-state index contributed by atoms with van der Waals surface area (Å²) < 4.78 is 0. The second kappa shape index (κ2) is 3.96. The van der Waals surface area contributed by atoms with Crippen molar-refractivity contribution in [2.75, 3.05) is 6.54 Å². The van der Waals surface area contributed by atoms with Crippen molar-refractivity contribution >= 4 is 11.9 Å². The number of hydrogen-bond acceptors (Lipinski definition) is 3. The number of hydrogen-bond donors (Lipinski definition) is 3. The number of carbonyl (C=O) groups excluding carboxylic acids is 1. The zero-order valence-corrected chi connectivity index (χ0v) is 8.25. The Kier molecular flexibility index (Phi) is 3.10. The number of nitrogens with one attached hydrogen (secondary N) is 1. The fourth-order valence-electron chi connectivity index (χ4n) is 1.36. The molecule has 1 aliphatic carbocycles. The summed E-state index contributed by atoms with van der Waals surface area (Å²) in [6.45, 7) is 2.03. The number of carboxylic acid groups (broad SMARTS) is 1. The highest BCUT2D eigenvalue weighted by atomic mass is 16.4. The van der Waals surface area contributed by atoms with E-state index in [-0.39, 0.29) is 18.4 Å². The molecular weight excluding hydrogens is 184 g/mol. The maximum atomic E-state index is 11.6. The van der Waals surface area contributed by atoms with E-state index in [0.717, 1.165) is 12.8 Å². The van der Waals surface area contributed by atoms with Crippen LogP contribution in [0.4, 0.5) is 0 Å². The lowest BCUT2D eigenvalue weighted by Crippen LogP contribution is -2.42. The van der Waals surface area contributed by atoms with Crippen molar-refractivity contribution in [3.8, 4) is 0 Å².